The van der Waals surface area contributed by atoms with Crippen LogP contribution in [0.4, 0.5) is 0 Å². The average molecular weight is 341 g/mol. The number of benzene rings is 2. The highest BCUT2D eigenvalue weighted by molar-refractivity contribution is 4.99. The minimum atomic E-state index is 0. The largest absolute Gasteiger partial charge is 0.400 e. The van der Waals surface area contributed by atoms with Gasteiger partial charge in [-0.1, -0.05) is 128 Å². The van der Waals surface area contributed by atoms with Crippen molar-refractivity contribution in [1.82, 2.24) is 0 Å². The summed E-state index contributed by atoms with van der Waals surface area (Å²) in [5, 5.41) is 14.0. The van der Waals surface area contributed by atoms with Gasteiger partial charge in [0.1, 0.15) is 0 Å². The van der Waals surface area contributed by atoms with Crippen LogP contribution in [0.15, 0.2) is 72.8 Å². The van der Waals surface area contributed by atoms with Gasteiger partial charge in [0.25, 0.3) is 0 Å². The van der Waals surface area contributed by atoms with Crippen LogP contribution >= 0.6 is 0 Å². The SMILES string of the molecule is C.CC.CC.CCC.CO.CO.c1ccccc1.c1ccccc1. The molecule has 0 saturated heterocycles. The van der Waals surface area contributed by atoms with Gasteiger partial charge in [-0.05, 0) is 0 Å². The summed E-state index contributed by atoms with van der Waals surface area (Å²) in [5.74, 6) is 0. The standard InChI is InChI=1S/2C6H6.C3H8.2C2H6.2CH4O.CH4/c2*1-2-4-6-5-3-1;1-3-2;4*1-2;/h2*1-6H;3H2,1-2H3;2*1-2H3;2*2H,1H3;1H4. The van der Waals surface area contributed by atoms with Gasteiger partial charge in [-0.2, -0.15) is 0 Å². The zero-order valence-electron chi connectivity index (χ0n) is 16.5. The Bertz CT molecular complexity index is 198. The van der Waals surface area contributed by atoms with Crippen LogP contribution in [0.2, 0.25) is 0 Å². The molecule has 0 atom stereocenters. The number of rotatable bonds is 0. The molecule has 2 N–H and O–H groups in total. The Morgan fingerprint density at radius 3 is 0.500 bits per heavy atom. The molecule has 0 aromatic heterocycles. The molecule has 2 aromatic carbocycles. The number of aliphatic hydroxyl groups is 2. The molecule has 0 heterocycles. The van der Waals surface area contributed by atoms with Crippen molar-refractivity contribution < 1.29 is 10.2 Å². The third kappa shape index (κ3) is 71.1. The van der Waals surface area contributed by atoms with E-state index in [-0.39, 0.29) is 7.43 Å². The number of aliphatic hydroxyl groups excluding tert-OH is 2. The van der Waals surface area contributed by atoms with E-state index in [2.05, 4.69) is 13.8 Å². The van der Waals surface area contributed by atoms with Crippen molar-refractivity contribution in [2.75, 3.05) is 14.2 Å². The van der Waals surface area contributed by atoms with E-state index in [1.54, 1.807) is 0 Å². The first-order chi connectivity index (χ1) is 11.4. The summed E-state index contributed by atoms with van der Waals surface area (Å²) in [4.78, 5) is 0. The Hall–Kier alpha value is -1.64. The van der Waals surface area contributed by atoms with E-state index in [0.717, 1.165) is 14.2 Å². The monoisotopic (exact) mass is 340 g/mol. The Morgan fingerprint density at radius 1 is 0.417 bits per heavy atom. The first-order valence-electron chi connectivity index (χ1n) is 8.31. The predicted octanol–water partition coefficient (Wildman–Crippen LogP) is 6.70. The highest BCUT2D eigenvalue weighted by Gasteiger charge is 1.58. The van der Waals surface area contributed by atoms with Gasteiger partial charge in [0.05, 0.1) is 0 Å². The van der Waals surface area contributed by atoms with Gasteiger partial charge in [-0.15, -0.1) is 0 Å². The van der Waals surface area contributed by atoms with Crippen LogP contribution in [0, 0.1) is 0 Å². The summed E-state index contributed by atoms with van der Waals surface area (Å²) >= 11 is 0. The van der Waals surface area contributed by atoms with E-state index in [0.29, 0.717) is 0 Å². The minimum absolute atomic E-state index is 0. The molecule has 0 fully saturated rings. The molecule has 0 radical (unpaired) electrons. The molecule has 2 heteroatoms. The molecule has 2 aromatic rings. The van der Waals surface area contributed by atoms with Crippen molar-refractivity contribution in [3.63, 3.8) is 0 Å². The Labute approximate surface area is 153 Å². The first kappa shape index (κ1) is 38.1. The normalized spacial score (nSPS) is 5.75. The maximum Gasteiger partial charge on any atom is 0.0319 e. The molecule has 0 bridgehead atoms. The van der Waals surface area contributed by atoms with Crippen molar-refractivity contribution in [2.24, 2.45) is 0 Å². The second-order valence-electron chi connectivity index (χ2n) is 3.02. The van der Waals surface area contributed by atoms with E-state index >= 15 is 0 Å². The van der Waals surface area contributed by atoms with E-state index in [9.17, 15) is 0 Å². The first-order valence-corrected chi connectivity index (χ1v) is 8.31. The minimum Gasteiger partial charge on any atom is -0.400 e. The van der Waals surface area contributed by atoms with Crippen molar-refractivity contribution >= 4 is 0 Å². The topological polar surface area (TPSA) is 40.5 Å². The lowest BCUT2D eigenvalue weighted by atomic mass is 10.4. The molecule has 2 nitrogen and oxygen atoms in total. The van der Waals surface area contributed by atoms with Crippen molar-refractivity contribution in [3.05, 3.63) is 72.8 Å². The Morgan fingerprint density at radius 2 is 0.458 bits per heavy atom. The third-order valence-electron chi connectivity index (χ3n) is 1.33. The van der Waals surface area contributed by atoms with Crippen LogP contribution in [-0.2, 0) is 0 Å². The summed E-state index contributed by atoms with van der Waals surface area (Å²) in [7, 11) is 2.00. The Kier molecular flexibility index (Phi) is 109. The lowest BCUT2D eigenvalue weighted by molar-refractivity contribution is 0.399. The molecule has 0 amide bonds. The molecular weight excluding hydrogens is 296 g/mol. The van der Waals surface area contributed by atoms with Gasteiger partial charge >= 0.3 is 0 Å². The van der Waals surface area contributed by atoms with Crippen molar-refractivity contribution in [1.29, 1.82) is 0 Å². The summed E-state index contributed by atoms with van der Waals surface area (Å²) in [6.07, 6.45) is 1.25. The van der Waals surface area contributed by atoms with Gasteiger partial charge in [0.2, 0.25) is 0 Å². The van der Waals surface area contributed by atoms with Gasteiger partial charge in [-0.25, -0.2) is 0 Å². The van der Waals surface area contributed by atoms with Gasteiger partial charge < -0.3 is 10.2 Å². The smallest absolute Gasteiger partial charge is 0.0319 e. The molecule has 144 valence electrons. The zero-order valence-corrected chi connectivity index (χ0v) is 16.5. The van der Waals surface area contributed by atoms with E-state index in [1.807, 2.05) is 100 Å². The molecule has 0 saturated carbocycles. The lowest BCUT2D eigenvalue weighted by Crippen LogP contribution is -1.47. The van der Waals surface area contributed by atoms with Crippen molar-refractivity contribution in [2.45, 2.75) is 55.4 Å². The summed E-state index contributed by atoms with van der Waals surface area (Å²) in [5.41, 5.74) is 0. The molecule has 0 aliphatic heterocycles. The molecule has 2 rings (SSSR count). The van der Waals surface area contributed by atoms with Gasteiger partial charge in [-0.3, -0.25) is 0 Å². The van der Waals surface area contributed by atoms with Crippen LogP contribution in [0.5, 0.6) is 0 Å². The van der Waals surface area contributed by atoms with Crippen LogP contribution in [-0.4, -0.2) is 24.4 Å². The summed E-state index contributed by atoms with van der Waals surface area (Å²) < 4.78 is 0. The molecule has 0 aliphatic rings. The van der Waals surface area contributed by atoms with Crippen LogP contribution < -0.4 is 0 Å². The highest BCUT2D eigenvalue weighted by atomic mass is 16.2. The second kappa shape index (κ2) is 68.6. The van der Waals surface area contributed by atoms with E-state index < -0.39 is 0 Å². The van der Waals surface area contributed by atoms with Gasteiger partial charge in [0.15, 0.2) is 0 Å². The van der Waals surface area contributed by atoms with Crippen LogP contribution in [0.3, 0.4) is 0 Å². The zero-order chi connectivity index (χ0) is 19.2. The molecule has 0 spiro atoms. The molecule has 24 heavy (non-hydrogen) atoms. The fourth-order valence-corrected chi connectivity index (χ4v) is 0.770. The maximum atomic E-state index is 7.00. The van der Waals surface area contributed by atoms with Crippen LogP contribution in [0.1, 0.15) is 55.4 Å². The summed E-state index contributed by atoms with van der Waals surface area (Å²) in [6, 6.07) is 24.0. The number of hydrogen-bond donors (Lipinski definition) is 2. The Balaban J connectivity index is -0.0000000425. The second-order valence-corrected chi connectivity index (χ2v) is 3.02. The third-order valence-corrected chi connectivity index (χ3v) is 1.33. The van der Waals surface area contributed by atoms with E-state index in [4.69, 9.17) is 10.2 Å². The fourth-order valence-electron chi connectivity index (χ4n) is 0.770. The lowest BCUT2D eigenvalue weighted by Gasteiger charge is -1.69. The van der Waals surface area contributed by atoms with Crippen LogP contribution in [0.25, 0.3) is 0 Å². The molecule has 0 unspecified atom stereocenters. The predicted molar refractivity (Wildman–Crippen MR) is 115 cm³/mol. The average Bonchev–Trinajstić information content (AvgIpc) is 2.72. The van der Waals surface area contributed by atoms with Gasteiger partial charge in [0, 0.05) is 14.2 Å². The molecule has 0 aliphatic carbocycles. The quantitative estimate of drug-likeness (QED) is 0.560. The fraction of sp³-hybridized carbons (Fsp3) is 0.455. The number of hydrogen-bond acceptors (Lipinski definition) is 2. The summed E-state index contributed by atoms with van der Waals surface area (Å²) in [6.45, 7) is 12.2. The maximum absolute atomic E-state index is 7.00. The highest BCUT2D eigenvalue weighted by Crippen LogP contribution is 1.80. The van der Waals surface area contributed by atoms with Crippen molar-refractivity contribution in [3.8, 4) is 0 Å². The van der Waals surface area contributed by atoms with E-state index in [1.165, 1.54) is 6.42 Å². The molecular formula is C22H44O2.